The third-order valence-electron chi connectivity index (χ3n) is 2.42. The number of fused-ring (bicyclic) bond motifs is 1. The molecule has 86 valence electrons. The highest BCUT2D eigenvalue weighted by Crippen LogP contribution is 2.24. The lowest BCUT2D eigenvalue weighted by Gasteiger charge is -2.09. The van der Waals surface area contributed by atoms with E-state index in [1.54, 1.807) is 18.3 Å². The van der Waals surface area contributed by atoms with E-state index in [0.717, 1.165) is 15.8 Å². The van der Waals surface area contributed by atoms with Crippen LogP contribution < -0.4 is 5.73 Å². The van der Waals surface area contributed by atoms with Crippen LogP contribution in [0.25, 0.3) is 10.2 Å². The normalized spacial score (nSPS) is 12.9. The first-order valence-electron chi connectivity index (χ1n) is 5.18. The predicted molar refractivity (Wildman–Crippen MR) is 64.5 cm³/mol. The standard InChI is InChI=1S/C11H14N2O2S/c1-2-15-11(14)9(12)5-7-6-13-10-8(7)3-4-16-10/h3-4,6,9,13H,2,5,12H2,1H3. The van der Waals surface area contributed by atoms with E-state index in [1.165, 1.54) is 0 Å². The lowest BCUT2D eigenvalue weighted by Crippen LogP contribution is -2.34. The summed E-state index contributed by atoms with van der Waals surface area (Å²) in [7, 11) is 0. The summed E-state index contributed by atoms with van der Waals surface area (Å²) >= 11 is 1.64. The number of aromatic amines is 1. The molecule has 2 rings (SSSR count). The Morgan fingerprint density at radius 3 is 3.25 bits per heavy atom. The van der Waals surface area contributed by atoms with Gasteiger partial charge >= 0.3 is 5.97 Å². The Hall–Kier alpha value is -1.33. The SMILES string of the molecule is CCOC(=O)C(N)Cc1c[nH]c2sccc12. The summed E-state index contributed by atoms with van der Waals surface area (Å²) in [6, 6.07) is 1.45. The van der Waals surface area contributed by atoms with Gasteiger partial charge in [0.05, 0.1) is 11.4 Å². The average Bonchev–Trinajstić information content (AvgIpc) is 2.83. The van der Waals surface area contributed by atoms with E-state index in [2.05, 4.69) is 4.98 Å². The highest BCUT2D eigenvalue weighted by Gasteiger charge is 2.17. The van der Waals surface area contributed by atoms with Gasteiger partial charge in [0.2, 0.25) is 0 Å². The molecule has 16 heavy (non-hydrogen) atoms. The van der Waals surface area contributed by atoms with Crippen molar-refractivity contribution in [1.82, 2.24) is 4.98 Å². The minimum atomic E-state index is -0.584. The van der Waals surface area contributed by atoms with Crippen LogP contribution in [0.3, 0.4) is 0 Å². The number of hydrogen-bond donors (Lipinski definition) is 2. The lowest BCUT2D eigenvalue weighted by atomic mass is 10.1. The van der Waals surface area contributed by atoms with Crippen LogP contribution in [0, 0.1) is 0 Å². The summed E-state index contributed by atoms with van der Waals surface area (Å²) in [4.78, 5) is 15.7. The van der Waals surface area contributed by atoms with Crippen LogP contribution in [0.2, 0.25) is 0 Å². The van der Waals surface area contributed by atoms with Crippen LogP contribution >= 0.6 is 11.3 Å². The molecular formula is C11H14N2O2S. The Balaban J connectivity index is 2.10. The molecule has 0 bridgehead atoms. The Morgan fingerprint density at radius 2 is 2.50 bits per heavy atom. The van der Waals surface area contributed by atoms with Crippen LogP contribution in [-0.4, -0.2) is 23.6 Å². The number of esters is 1. The van der Waals surface area contributed by atoms with Gasteiger partial charge in [-0.15, -0.1) is 11.3 Å². The largest absolute Gasteiger partial charge is 0.465 e. The molecule has 0 saturated heterocycles. The number of carbonyl (C=O) groups excluding carboxylic acids is 1. The second kappa shape index (κ2) is 4.67. The van der Waals surface area contributed by atoms with E-state index in [4.69, 9.17) is 10.5 Å². The molecule has 0 spiro atoms. The van der Waals surface area contributed by atoms with E-state index >= 15 is 0 Å². The molecule has 0 saturated carbocycles. The Labute approximate surface area is 97.4 Å². The van der Waals surface area contributed by atoms with Gasteiger partial charge < -0.3 is 15.5 Å². The van der Waals surface area contributed by atoms with Crippen LogP contribution in [0.4, 0.5) is 0 Å². The van der Waals surface area contributed by atoms with Crippen molar-refractivity contribution < 1.29 is 9.53 Å². The van der Waals surface area contributed by atoms with Crippen molar-refractivity contribution in [2.75, 3.05) is 6.61 Å². The smallest absolute Gasteiger partial charge is 0.323 e. The number of ether oxygens (including phenoxy) is 1. The number of aromatic nitrogens is 1. The molecule has 5 heteroatoms. The van der Waals surface area contributed by atoms with Crippen molar-refractivity contribution >= 4 is 27.5 Å². The summed E-state index contributed by atoms with van der Waals surface area (Å²) in [5, 5.41) is 3.16. The van der Waals surface area contributed by atoms with Crippen molar-refractivity contribution in [3.8, 4) is 0 Å². The van der Waals surface area contributed by atoms with Gasteiger partial charge in [0.15, 0.2) is 0 Å². The van der Waals surface area contributed by atoms with Gasteiger partial charge in [-0.25, -0.2) is 0 Å². The van der Waals surface area contributed by atoms with Crippen molar-refractivity contribution in [3.05, 3.63) is 23.2 Å². The molecule has 0 fully saturated rings. The number of thiophene rings is 1. The van der Waals surface area contributed by atoms with Gasteiger partial charge in [-0.3, -0.25) is 4.79 Å². The summed E-state index contributed by atoms with van der Waals surface area (Å²) in [5.41, 5.74) is 6.84. The van der Waals surface area contributed by atoms with Crippen LogP contribution in [0.15, 0.2) is 17.6 Å². The van der Waals surface area contributed by atoms with Crippen molar-refractivity contribution in [2.45, 2.75) is 19.4 Å². The second-order valence-corrected chi connectivity index (χ2v) is 4.46. The summed E-state index contributed by atoms with van der Waals surface area (Å²) in [5.74, 6) is -0.341. The molecule has 2 aromatic heterocycles. The van der Waals surface area contributed by atoms with Gasteiger partial charge in [0.25, 0.3) is 0 Å². The number of H-pyrrole nitrogens is 1. The fourth-order valence-electron chi connectivity index (χ4n) is 1.64. The first-order chi connectivity index (χ1) is 7.72. The lowest BCUT2D eigenvalue weighted by molar-refractivity contribution is -0.144. The number of hydrogen-bond acceptors (Lipinski definition) is 4. The summed E-state index contributed by atoms with van der Waals surface area (Å²) in [6.45, 7) is 2.14. The fraction of sp³-hybridized carbons (Fsp3) is 0.364. The minimum Gasteiger partial charge on any atom is -0.465 e. The Kier molecular flexibility index (Phi) is 3.26. The Bertz CT molecular complexity index is 489. The molecule has 0 aliphatic heterocycles. The second-order valence-electron chi connectivity index (χ2n) is 3.54. The van der Waals surface area contributed by atoms with Crippen molar-refractivity contribution in [3.63, 3.8) is 0 Å². The van der Waals surface area contributed by atoms with Gasteiger partial charge in [0, 0.05) is 18.0 Å². The zero-order chi connectivity index (χ0) is 11.5. The maximum atomic E-state index is 11.4. The fourth-order valence-corrected chi connectivity index (χ4v) is 2.44. The van der Waals surface area contributed by atoms with Crippen LogP contribution in [0.1, 0.15) is 12.5 Å². The molecule has 1 unspecified atom stereocenters. The highest BCUT2D eigenvalue weighted by atomic mass is 32.1. The summed E-state index contributed by atoms with van der Waals surface area (Å²) in [6.07, 6.45) is 2.41. The van der Waals surface area contributed by atoms with Crippen molar-refractivity contribution in [2.24, 2.45) is 5.73 Å². The molecule has 0 aliphatic rings. The molecule has 3 N–H and O–H groups in total. The maximum Gasteiger partial charge on any atom is 0.323 e. The first-order valence-corrected chi connectivity index (χ1v) is 6.06. The predicted octanol–water partition coefficient (Wildman–Crippen LogP) is 1.66. The number of nitrogens with two attached hydrogens (primary N) is 1. The molecule has 4 nitrogen and oxygen atoms in total. The third-order valence-corrected chi connectivity index (χ3v) is 3.26. The van der Waals surface area contributed by atoms with Gasteiger partial charge in [-0.1, -0.05) is 0 Å². The molecule has 0 amide bonds. The van der Waals surface area contributed by atoms with E-state index in [9.17, 15) is 4.79 Å². The monoisotopic (exact) mass is 238 g/mol. The number of carbonyl (C=O) groups is 1. The Morgan fingerprint density at radius 1 is 1.69 bits per heavy atom. The number of rotatable bonds is 4. The third kappa shape index (κ3) is 2.10. The van der Waals surface area contributed by atoms with E-state index < -0.39 is 6.04 Å². The average molecular weight is 238 g/mol. The van der Waals surface area contributed by atoms with Crippen LogP contribution in [0.5, 0.6) is 0 Å². The number of nitrogens with one attached hydrogen (secondary N) is 1. The molecule has 0 aliphatic carbocycles. The van der Waals surface area contributed by atoms with E-state index in [0.29, 0.717) is 13.0 Å². The summed E-state index contributed by atoms with van der Waals surface area (Å²) < 4.78 is 4.87. The zero-order valence-corrected chi connectivity index (χ0v) is 9.84. The molecular weight excluding hydrogens is 224 g/mol. The molecule has 0 radical (unpaired) electrons. The van der Waals surface area contributed by atoms with E-state index in [1.807, 2.05) is 17.6 Å². The van der Waals surface area contributed by atoms with Gasteiger partial charge in [-0.05, 0) is 23.9 Å². The quantitative estimate of drug-likeness (QED) is 0.796. The zero-order valence-electron chi connectivity index (χ0n) is 9.03. The first kappa shape index (κ1) is 11.2. The molecule has 0 aromatic carbocycles. The van der Waals surface area contributed by atoms with Crippen molar-refractivity contribution in [1.29, 1.82) is 0 Å². The van der Waals surface area contributed by atoms with Gasteiger partial charge in [-0.2, -0.15) is 0 Å². The highest BCUT2D eigenvalue weighted by molar-refractivity contribution is 7.16. The molecule has 2 aromatic rings. The van der Waals surface area contributed by atoms with E-state index in [-0.39, 0.29) is 5.97 Å². The topological polar surface area (TPSA) is 68.1 Å². The molecule has 2 heterocycles. The van der Waals surface area contributed by atoms with Gasteiger partial charge in [0.1, 0.15) is 6.04 Å². The minimum absolute atomic E-state index is 0.341. The van der Waals surface area contributed by atoms with Crippen LogP contribution in [-0.2, 0) is 16.0 Å². The maximum absolute atomic E-state index is 11.4. The molecule has 1 atom stereocenters.